The summed E-state index contributed by atoms with van der Waals surface area (Å²) >= 11 is 0. The predicted molar refractivity (Wildman–Crippen MR) is 44.0 cm³/mol. The Morgan fingerprint density at radius 3 is 2.67 bits per heavy atom. The highest BCUT2D eigenvalue weighted by molar-refractivity contribution is 5.83. The number of nitrogens with one attached hydrogen (secondary N) is 1. The largest absolute Gasteiger partial charge is 0.342 e. The fourth-order valence-electron chi connectivity index (χ4n) is 1.43. The SMILES string of the molecule is N#CCNC(=O)C1(CN)CCC1. The van der Waals surface area contributed by atoms with Gasteiger partial charge in [-0.15, -0.1) is 0 Å². The van der Waals surface area contributed by atoms with E-state index in [9.17, 15) is 4.79 Å². The highest BCUT2D eigenvalue weighted by Crippen LogP contribution is 2.39. The van der Waals surface area contributed by atoms with Crippen molar-refractivity contribution in [1.29, 1.82) is 5.26 Å². The van der Waals surface area contributed by atoms with Gasteiger partial charge in [-0.3, -0.25) is 4.79 Å². The quantitative estimate of drug-likeness (QED) is 0.569. The molecule has 0 radical (unpaired) electrons. The van der Waals surface area contributed by atoms with Crippen molar-refractivity contribution in [2.45, 2.75) is 19.3 Å². The molecule has 0 saturated heterocycles. The molecule has 1 rings (SSSR count). The van der Waals surface area contributed by atoms with E-state index in [4.69, 9.17) is 11.0 Å². The van der Waals surface area contributed by atoms with E-state index in [0.717, 1.165) is 19.3 Å². The average Bonchev–Trinajstić information content (AvgIpc) is 2.00. The summed E-state index contributed by atoms with van der Waals surface area (Å²) in [7, 11) is 0. The standard InChI is InChI=1S/C8H13N3O/c9-4-5-11-7(12)8(6-10)2-1-3-8/h1-3,5-6,10H2,(H,11,12). The number of nitrogens with two attached hydrogens (primary N) is 1. The van der Waals surface area contributed by atoms with Crippen molar-refractivity contribution in [1.82, 2.24) is 5.32 Å². The van der Waals surface area contributed by atoms with Crippen LogP contribution < -0.4 is 11.1 Å². The Kier molecular flexibility index (Phi) is 2.66. The third-order valence-electron chi connectivity index (χ3n) is 2.51. The molecule has 0 unspecified atom stereocenters. The second kappa shape index (κ2) is 3.55. The van der Waals surface area contributed by atoms with Crippen LogP contribution in [0.2, 0.25) is 0 Å². The van der Waals surface area contributed by atoms with Crippen LogP contribution in [0.4, 0.5) is 0 Å². The lowest BCUT2D eigenvalue weighted by Crippen LogP contribution is -2.50. The normalized spacial score (nSPS) is 19.0. The van der Waals surface area contributed by atoms with Gasteiger partial charge >= 0.3 is 0 Å². The molecule has 12 heavy (non-hydrogen) atoms. The van der Waals surface area contributed by atoms with Gasteiger partial charge in [-0.05, 0) is 12.8 Å². The van der Waals surface area contributed by atoms with Crippen molar-refractivity contribution in [2.75, 3.05) is 13.1 Å². The Bertz CT molecular complexity index is 209. The van der Waals surface area contributed by atoms with E-state index in [0.29, 0.717) is 6.54 Å². The summed E-state index contributed by atoms with van der Waals surface area (Å²) in [4.78, 5) is 11.4. The third-order valence-corrected chi connectivity index (χ3v) is 2.51. The first kappa shape index (κ1) is 9.01. The molecule has 0 aliphatic heterocycles. The van der Waals surface area contributed by atoms with Gasteiger partial charge in [0.15, 0.2) is 0 Å². The maximum absolute atomic E-state index is 11.4. The molecule has 0 aromatic carbocycles. The lowest BCUT2D eigenvalue weighted by Gasteiger charge is -2.38. The second-order valence-electron chi connectivity index (χ2n) is 3.18. The summed E-state index contributed by atoms with van der Waals surface area (Å²) in [5, 5.41) is 10.8. The highest BCUT2D eigenvalue weighted by atomic mass is 16.2. The van der Waals surface area contributed by atoms with E-state index < -0.39 is 0 Å². The van der Waals surface area contributed by atoms with Gasteiger partial charge in [0.1, 0.15) is 6.54 Å². The van der Waals surface area contributed by atoms with Gasteiger partial charge in [-0.25, -0.2) is 0 Å². The fourth-order valence-corrected chi connectivity index (χ4v) is 1.43. The fraction of sp³-hybridized carbons (Fsp3) is 0.750. The summed E-state index contributed by atoms with van der Waals surface area (Å²) in [5.74, 6) is -0.0576. The maximum Gasteiger partial charge on any atom is 0.228 e. The second-order valence-corrected chi connectivity index (χ2v) is 3.18. The molecule has 0 aromatic rings. The van der Waals surface area contributed by atoms with E-state index in [-0.39, 0.29) is 17.9 Å². The molecule has 1 aliphatic rings. The van der Waals surface area contributed by atoms with Gasteiger partial charge in [0.2, 0.25) is 5.91 Å². The Hall–Kier alpha value is -1.08. The summed E-state index contributed by atoms with van der Waals surface area (Å²) in [6.07, 6.45) is 2.79. The van der Waals surface area contributed by atoms with E-state index in [2.05, 4.69) is 5.32 Å². The molecule has 4 nitrogen and oxygen atoms in total. The van der Waals surface area contributed by atoms with Crippen LogP contribution in [0.25, 0.3) is 0 Å². The van der Waals surface area contributed by atoms with Crippen molar-refractivity contribution >= 4 is 5.91 Å². The number of nitrogens with zero attached hydrogens (tertiary/aromatic N) is 1. The van der Waals surface area contributed by atoms with Crippen LogP contribution >= 0.6 is 0 Å². The van der Waals surface area contributed by atoms with Crippen LogP contribution in [0.3, 0.4) is 0 Å². The molecule has 0 spiro atoms. The average molecular weight is 167 g/mol. The van der Waals surface area contributed by atoms with Gasteiger partial charge in [0.25, 0.3) is 0 Å². The molecular weight excluding hydrogens is 154 g/mol. The van der Waals surface area contributed by atoms with Crippen LogP contribution in [-0.4, -0.2) is 19.0 Å². The molecule has 1 saturated carbocycles. The number of hydrogen-bond acceptors (Lipinski definition) is 3. The number of hydrogen-bond donors (Lipinski definition) is 2. The Labute approximate surface area is 71.7 Å². The molecule has 4 heteroatoms. The van der Waals surface area contributed by atoms with Crippen molar-refractivity contribution < 1.29 is 4.79 Å². The van der Waals surface area contributed by atoms with Gasteiger partial charge in [-0.1, -0.05) is 6.42 Å². The summed E-state index contributed by atoms with van der Waals surface area (Å²) < 4.78 is 0. The topological polar surface area (TPSA) is 78.9 Å². The number of nitriles is 1. The van der Waals surface area contributed by atoms with Gasteiger partial charge in [0, 0.05) is 6.54 Å². The lowest BCUT2D eigenvalue weighted by molar-refractivity contribution is -0.134. The first-order valence-corrected chi connectivity index (χ1v) is 4.10. The van der Waals surface area contributed by atoms with Crippen LogP contribution in [0.5, 0.6) is 0 Å². The smallest absolute Gasteiger partial charge is 0.228 e. The Morgan fingerprint density at radius 1 is 1.67 bits per heavy atom. The minimum absolute atomic E-state index is 0.0576. The molecule has 1 amide bonds. The minimum Gasteiger partial charge on any atom is -0.342 e. The van der Waals surface area contributed by atoms with E-state index >= 15 is 0 Å². The first-order valence-electron chi connectivity index (χ1n) is 4.10. The minimum atomic E-state index is -0.350. The van der Waals surface area contributed by atoms with Crippen LogP contribution in [0.15, 0.2) is 0 Å². The van der Waals surface area contributed by atoms with Crippen molar-refractivity contribution in [2.24, 2.45) is 11.1 Å². The summed E-state index contributed by atoms with van der Waals surface area (Å²) in [6.45, 7) is 0.477. The number of amides is 1. The van der Waals surface area contributed by atoms with Gasteiger partial charge in [0.05, 0.1) is 11.5 Å². The zero-order valence-electron chi connectivity index (χ0n) is 6.97. The predicted octanol–water partition coefficient (Wildman–Crippen LogP) is -0.245. The lowest BCUT2D eigenvalue weighted by atomic mass is 9.68. The summed E-state index contributed by atoms with van der Waals surface area (Å²) in [6, 6.07) is 1.87. The Morgan fingerprint density at radius 2 is 2.33 bits per heavy atom. The number of rotatable bonds is 3. The Balaban J connectivity index is 2.44. The molecule has 0 bridgehead atoms. The summed E-state index contributed by atoms with van der Waals surface area (Å²) in [5.41, 5.74) is 5.15. The van der Waals surface area contributed by atoms with Gasteiger partial charge < -0.3 is 11.1 Å². The van der Waals surface area contributed by atoms with E-state index in [1.54, 1.807) is 0 Å². The maximum atomic E-state index is 11.4. The zero-order chi connectivity index (χ0) is 9.03. The molecular formula is C8H13N3O. The van der Waals surface area contributed by atoms with E-state index in [1.165, 1.54) is 0 Å². The van der Waals surface area contributed by atoms with Crippen molar-refractivity contribution in [3.05, 3.63) is 0 Å². The molecule has 1 fully saturated rings. The van der Waals surface area contributed by atoms with Crippen LogP contribution in [0.1, 0.15) is 19.3 Å². The monoisotopic (exact) mass is 167 g/mol. The van der Waals surface area contributed by atoms with Gasteiger partial charge in [-0.2, -0.15) is 5.26 Å². The molecule has 0 heterocycles. The van der Waals surface area contributed by atoms with Crippen molar-refractivity contribution in [3.8, 4) is 6.07 Å². The number of carbonyl (C=O) groups excluding carboxylic acids is 1. The molecule has 66 valence electrons. The highest BCUT2D eigenvalue weighted by Gasteiger charge is 2.42. The zero-order valence-corrected chi connectivity index (χ0v) is 6.97. The van der Waals surface area contributed by atoms with E-state index in [1.807, 2.05) is 6.07 Å². The number of carbonyl (C=O) groups is 1. The molecule has 0 aromatic heterocycles. The van der Waals surface area contributed by atoms with Crippen LogP contribution in [0, 0.1) is 16.7 Å². The van der Waals surface area contributed by atoms with Crippen molar-refractivity contribution in [3.63, 3.8) is 0 Å². The third kappa shape index (κ3) is 1.41. The molecule has 1 aliphatic carbocycles. The first-order chi connectivity index (χ1) is 5.75. The molecule has 0 atom stereocenters. The van der Waals surface area contributed by atoms with Crippen LogP contribution in [-0.2, 0) is 4.79 Å². The molecule has 3 N–H and O–H groups in total.